The van der Waals surface area contributed by atoms with Crippen LogP contribution in [-0.4, -0.2) is 6.04 Å². The molecular formula is C52H47N. The van der Waals surface area contributed by atoms with Crippen LogP contribution in [0.3, 0.4) is 0 Å². The summed E-state index contributed by atoms with van der Waals surface area (Å²) in [4.78, 5) is 2.42. The van der Waals surface area contributed by atoms with Gasteiger partial charge in [-0.3, -0.25) is 0 Å². The predicted octanol–water partition coefficient (Wildman–Crippen LogP) is 14.6. The molecular weight excluding hydrogens is 639 g/mol. The van der Waals surface area contributed by atoms with Crippen LogP contribution in [0.4, 0.5) is 11.4 Å². The lowest BCUT2D eigenvalue weighted by atomic mass is 9.94. The summed E-state index contributed by atoms with van der Waals surface area (Å²) in [5, 5.41) is 0. The van der Waals surface area contributed by atoms with Crippen molar-refractivity contribution < 1.29 is 0 Å². The van der Waals surface area contributed by atoms with E-state index in [1.807, 2.05) is 12.2 Å². The molecule has 1 heteroatoms. The van der Waals surface area contributed by atoms with Crippen LogP contribution in [0.1, 0.15) is 31.4 Å². The molecule has 0 radical (unpaired) electrons. The van der Waals surface area contributed by atoms with E-state index in [9.17, 15) is 0 Å². The lowest BCUT2D eigenvalue weighted by molar-refractivity contribution is 0.774. The molecule has 1 unspecified atom stereocenters. The molecule has 0 saturated carbocycles. The summed E-state index contributed by atoms with van der Waals surface area (Å²) in [5.41, 5.74) is 14.2. The van der Waals surface area contributed by atoms with Gasteiger partial charge in [0, 0.05) is 11.4 Å². The quantitative estimate of drug-likeness (QED) is 0.0815. The number of hydrogen-bond donors (Lipinski definition) is 0. The molecule has 0 amide bonds. The monoisotopic (exact) mass is 685 g/mol. The number of allylic oxidation sites excluding steroid dienone is 6. The van der Waals surface area contributed by atoms with Gasteiger partial charge in [0.1, 0.15) is 0 Å². The van der Waals surface area contributed by atoms with Gasteiger partial charge in [-0.05, 0) is 100 Å². The Balaban J connectivity index is 1.40. The standard InChI is InChI=1S/C52H47N/c1-5-8-18-40(4)48(38-41-26-28-44(29-27-41)42-20-12-10-13-21-42)39-49(7-3)53(50-34-30-45(31-35-50)43-22-14-11-15-23-43)51-36-32-47(33-37-51)52-25-17-16-24-46(52)19-9-6-2/h5-38,49H,2-3,39H2,1,4H3/b8-5-,19-9-,40-18+,48-38-. The van der Waals surface area contributed by atoms with E-state index in [0.29, 0.717) is 0 Å². The molecule has 1 atom stereocenters. The van der Waals surface area contributed by atoms with Crippen LogP contribution < -0.4 is 4.90 Å². The molecule has 1 nitrogen and oxygen atoms in total. The minimum absolute atomic E-state index is 0.0324. The highest BCUT2D eigenvalue weighted by Gasteiger charge is 2.21. The maximum absolute atomic E-state index is 4.41. The highest BCUT2D eigenvalue weighted by Crippen LogP contribution is 2.36. The van der Waals surface area contributed by atoms with Gasteiger partial charge in [-0.1, -0.05) is 189 Å². The molecule has 6 rings (SSSR count). The maximum Gasteiger partial charge on any atom is 0.0560 e. The first-order chi connectivity index (χ1) is 26.1. The zero-order valence-electron chi connectivity index (χ0n) is 30.8. The topological polar surface area (TPSA) is 3.24 Å². The Morgan fingerprint density at radius 1 is 0.585 bits per heavy atom. The molecule has 0 saturated heterocycles. The van der Waals surface area contributed by atoms with Crippen molar-refractivity contribution in [3.63, 3.8) is 0 Å². The summed E-state index contributed by atoms with van der Waals surface area (Å²) in [6.45, 7) is 12.5. The second-order valence-electron chi connectivity index (χ2n) is 13.1. The van der Waals surface area contributed by atoms with Gasteiger partial charge in [0.05, 0.1) is 6.04 Å². The van der Waals surface area contributed by atoms with Gasteiger partial charge in [0.15, 0.2) is 0 Å². The van der Waals surface area contributed by atoms with Gasteiger partial charge >= 0.3 is 0 Å². The highest BCUT2D eigenvalue weighted by molar-refractivity contribution is 5.78. The van der Waals surface area contributed by atoms with E-state index < -0.39 is 0 Å². The van der Waals surface area contributed by atoms with Gasteiger partial charge in [0.25, 0.3) is 0 Å². The lowest BCUT2D eigenvalue weighted by Gasteiger charge is -2.33. The summed E-state index contributed by atoms with van der Waals surface area (Å²) in [6.07, 6.45) is 17.5. The average molecular weight is 686 g/mol. The van der Waals surface area contributed by atoms with E-state index in [-0.39, 0.29) is 6.04 Å². The lowest BCUT2D eigenvalue weighted by Crippen LogP contribution is -2.30. The maximum atomic E-state index is 4.41. The molecule has 0 aliphatic rings. The summed E-state index contributed by atoms with van der Waals surface area (Å²) >= 11 is 0. The number of rotatable bonds is 14. The number of hydrogen-bond acceptors (Lipinski definition) is 1. The van der Waals surface area contributed by atoms with E-state index in [0.717, 1.165) is 28.9 Å². The third-order valence-electron chi connectivity index (χ3n) is 9.52. The minimum atomic E-state index is -0.0324. The Hall–Kier alpha value is -6.44. The second kappa shape index (κ2) is 18.2. The van der Waals surface area contributed by atoms with E-state index in [1.54, 1.807) is 0 Å². The molecule has 0 bridgehead atoms. The van der Waals surface area contributed by atoms with Crippen molar-refractivity contribution in [1.29, 1.82) is 0 Å². The number of benzene rings is 6. The third-order valence-corrected chi connectivity index (χ3v) is 9.52. The van der Waals surface area contributed by atoms with Crippen molar-refractivity contribution in [2.24, 2.45) is 0 Å². The minimum Gasteiger partial charge on any atom is -0.334 e. The fraction of sp³-hybridized carbons (Fsp3) is 0.0769. The van der Waals surface area contributed by atoms with Crippen molar-refractivity contribution >= 4 is 23.5 Å². The first kappa shape index (κ1) is 36.4. The highest BCUT2D eigenvalue weighted by atomic mass is 15.2. The second-order valence-corrected chi connectivity index (χ2v) is 13.1. The number of anilines is 2. The normalized spacial score (nSPS) is 12.6. The molecule has 6 aromatic rings. The Morgan fingerprint density at radius 3 is 1.64 bits per heavy atom. The molecule has 6 aromatic carbocycles. The van der Waals surface area contributed by atoms with Crippen molar-refractivity contribution in [3.05, 3.63) is 230 Å². The smallest absolute Gasteiger partial charge is 0.0560 e. The molecule has 260 valence electrons. The Bertz CT molecular complexity index is 2210. The van der Waals surface area contributed by atoms with Gasteiger partial charge in [0.2, 0.25) is 0 Å². The molecule has 53 heavy (non-hydrogen) atoms. The first-order valence-corrected chi connectivity index (χ1v) is 18.3. The zero-order valence-corrected chi connectivity index (χ0v) is 30.8. The van der Waals surface area contributed by atoms with Gasteiger partial charge < -0.3 is 4.90 Å². The largest absolute Gasteiger partial charge is 0.334 e. The van der Waals surface area contributed by atoms with Gasteiger partial charge in [-0.2, -0.15) is 0 Å². The molecule has 0 fully saturated rings. The van der Waals surface area contributed by atoms with Crippen LogP contribution >= 0.6 is 0 Å². The molecule has 0 aliphatic carbocycles. The van der Waals surface area contributed by atoms with Crippen molar-refractivity contribution in [3.8, 4) is 33.4 Å². The SMILES string of the molecule is C=C/C=C\c1ccccc1-c1ccc(N(c2ccc(-c3ccccc3)cc2)C(C=C)CC(=C/c2ccc(-c3ccccc3)cc2)/C(C)=C/C=C\C)cc1. The van der Waals surface area contributed by atoms with Crippen LogP contribution in [-0.2, 0) is 0 Å². The third kappa shape index (κ3) is 9.27. The van der Waals surface area contributed by atoms with Crippen molar-refractivity contribution in [2.75, 3.05) is 4.90 Å². The fourth-order valence-electron chi connectivity index (χ4n) is 6.65. The molecule has 0 aromatic heterocycles. The predicted molar refractivity (Wildman–Crippen MR) is 232 cm³/mol. The molecule has 0 heterocycles. The fourth-order valence-corrected chi connectivity index (χ4v) is 6.65. The Labute approximate surface area is 316 Å². The van der Waals surface area contributed by atoms with Crippen LogP contribution in [0, 0.1) is 0 Å². The molecule has 0 aliphatic heterocycles. The van der Waals surface area contributed by atoms with E-state index >= 15 is 0 Å². The van der Waals surface area contributed by atoms with Crippen LogP contribution in [0.5, 0.6) is 0 Å². The zero-order chi connectivity index (χ0) is 36.8. The summed E-state index contributed by atoms with van der Waals surface area (Å²) in [6, 6.07) is 56.2. The van der Waals surface area contributed by atoms with Crippen molar-refractivity contribution in [1.82, 2.24) is 0 Å². The van der Waals surface area contributed by atoms with Gasteiger partial charge in [-0.25, -0.2) is 0 Å². The first-order valence-electron chi connectivity index (χ1n) is 18.3. The summed E-state index contributed by atoms with van der Waals surface area (Å²) < 4.78 is 0. The van der Waals surface area contributed by atoms with Crippen LogP contribution in [0.15, 0.2) is 218 Å². The van der Waals surface area contributed by atoms with Gasteiger partial charge in [-0.15, -0.1) is 6.58 Å². The molecule has 0 N–H and O–H groups in total. The summed E-state index contributed by atoms with van der Waals surface area (Å²) in [7, 11) is 0. The Kier molecular flexibility index (Phi) is 12.5. The van der Waals surface area contributed by atoms with Crippen LogP contribution in [0.2, 0.25) is 0 Å². The number of nitrogens with zero attached hydrogens (tertiary/aromatic N) is 1. The molecule has 0 spiro atoms. The van der Waals surface area contributed by atoms with E-state index in [2.05, 4.69) is 226 Å². The van der Waals surface area contributed by atoms with E-state index in [4.69, 9.17) is 0 Å². The van der Waals surface area contributed by atoms with Crippen molar-refractivity contribution in [2.45, 2.75) is 26.3 Å². The summed E-state index contributed by atoms with van der Waals surface area (Å²) in [5.74, 6) is 0. The van der Waals surface area contributed by atoms with E-state index in [1.165, 1.54) is 44.5 Å². The average Bonchev–Trinajstić information content (AvgIpc) is 3.23. The Morgan fingerprint density at radius 2 is 1.09 bits per heavy atom. The van der Waals surface area contributed by atoms with Crippen LogP contribution in [0.25, 0.3) is 45.5 Å².